The first-order valence-electron chi connectivity index (χ1n) is 8.99. The molecule has 23 heavy (non-hydrogen) atoms. The number of carboxylic acids is 1. The molecule has 2 N–H and O–H groups in total. The highest BCUT2D eigenvalue weighted by atomic mass is 16.4. The van der Waals surface area contributed by atoms with Crippen molar-refractivity contribution >= 4 is 5.97 Å². The van der Waals surface area contributed by atoms with Gasteiger partial charge in [0.25, 0.3) is 0 Å². The first-order valence-corrected chi connectivity index (χ1v) is 8.99. The fourth-order valence-corrected chi connectivity index (χ4v) is 2.38. The van der Waals surface area contributed by atoms with Crippen molar-refractivity contribution in [1.29, 1.82) is 0 Å². The molecule has 0 aromatic heterocycles. The molecule has 0 aliphatic carbocycles. The molecule has 0 spiro atoms. The molecule has 3 nitrogen and oxygen atoms in total. The maximum absolute atomic E-state index is 10.4. The summed E-state index contributed by atoms with van der Waals surface area (Å²) in [5.41, 5.74) is 1.18. The van der Waals surface area contributed by atoms with Crippen LogP contribution in [-0.2, 0) is 0 Å². The zero-order valence-corrected chi connectivity index (χ0v) is 15.1. The Labute approximate surface area is 141 Å². The Bertz CT molecular complexity index is 415. The van der Waals surface area contributed by atoms with E-state index in [2.05, 4.69) is 13.8 Å². The first-order chi connectivity index (χ1) is 11.0. The highest BCUT2D eigenvalue weighted by Gasteiger charge is 2.03. The number of aryl methyl sites for hydroxylation is 1. The predicted octanol–water partition coefficient (Wildman–Crippen LogP) is 5.59. The number of benzene rings is 1. The Morgan fingerprint density at radius 1 is 0.957 bits per heavy atom. The minimum absolute atomic E-state index is 0.0263. The quantitative estimate of drug-likeness (QED) is 0.552. The highest BCUT2D eigenvalue weighted by Crippen LogP contribution is 2.11. The van der Waals surface area contributed by atoms with Gasteiger partial charge in [-0.25, -0.2) is 4.79 Å². The molecular weight excluding hydrogens is 288 g/mol. The maximum atomic E-state index is 10.4. The Balaban J connectivity index is 0.000000433. The van der Waals surface area contributed by atoms with Gasteiger partial charge in [0.1, 0.15) is 0 Å². The molecule has 0 bridgehead atoms. The summed E-state index contributed by atoms with van der Waals surface area (Å²) in [5, 5.41) is 18.1. The highest BCUT2D eigenvalue weighted by molar-refractivity contribution is 5.89. The lowest BCUT2D eigenvalue weighted by Crippen LogP contribution is -2.05. The lowest BCUT2D eigenvalue weighted by atomic mass is 10.0. The van der Waals surface area contributed by atoms with E-state index in [9.17, 15) is 9.90 Å². The standard InChI is InChI=1S/C12H26O.C8H8O2/c1-3-5-7-8-9-11-12(13)10-6-4-2;1-6-4-2-3-5-7(6)8(9)10/h12-13H,3-11H2,1-2H3;2-5H,1H3,(H,9,10). The van der Waals surface area contributed by atoms with E-state index in [0.717, 1.165) is 18.4 Å². The SMILES string of the molecule is CCCCCCCC(O)CCCC.Cc1ccccc1C(=O)O. The number of aliphatic hydroxyl groups is 1. The van der Waals surface area contributed by atoms with E-state index in [1.54, 1.807) is 25.1 Å². The fourth-order valence-electron chi connectivity index (χ4n) is 2.38. The monoisotopic (exact) mass is 322 g/mol. The normalized spacial score (nSPS) is 11.5. The van der Waals surface area contributed by atoms with Gasteiger partial charge in [-0.2, -0.15) is 0 Å². The number of aliphatic hydroxyl groups excluding tert-OH is 1. The van der Waals surface area contributed by atoms with Gasteiger partial charge in [-0.3, -0.25) is 0 Å². The van der Waals surface area contributed by atoms with Crippen LogP contribution in [0.15, 0.2) is 24.3 Å². The van der Waals surface area contributed by atoms with Crippen molar-refractivity contribution in [2.75, 3.05) is 0 Å². The first kappa shape index (κ1) is 21.6. The molecule has 0 aliphatic rings. The van der Waals surface area contributed by atoms with Gasteiger partial charge in [0.15, 0.2) is 0 Å². The van der Waals surface area contributed by atoms with Gasteiger partial charge in [-0.15, -0.1) is 0 Å². The summed E-state index contributed by atoms with van der Waals surface area (Å²) in [6, 6.07) is 6.92. The van der Waals surface area contributed by atoms with Crippen molar-refractivity contribution in [1.82, 2.24) is 0 Å². The lowest BCUT2D eigenvalue weighted by molar-refractivity contribution is 0.0696. The average Bonchev–Trinajstić information content (AvgIpc) is 2.53. The largest absolute Gasteiger partial charge is 0.478 e. The Morgan fingerprint density at radius 3 is 2.04 bits per heavy atom. The molecule has 0 radical (unpaired) electrons. The Morgan fingerprint density at radius 2 is 1.52 bits per heavy atom. The Kier molecular flexibility index (Phi) is 13.4. The van der Waals surface area contributed by atoms with Crippen molar-refractivity contribution in [3.05, 3.63) is 35.4 Å². The summed E-state index contributed by atoms with van der Waals surface area (Å²) < 4.78 is 0. The zero-order chi connectivity index (χ0) is 17.5. The third kappa shape index (κ3) is 11.8. The van der Waals surface area contributed by atoms with E-state index in [0.29, 0.717) is 5.56 Å². The summed E-state index contributed by atoms with van der Waals surface area (Å²) in [6.07, 6.45) is 10.9. The van der Waals surface area contributed by atoms with E-state index in [4.69, 9.17) is 5.11 Å². The molecule has 0 heterocycles. The average molecular weight is 322 g/mol. The van der Waals surface area contributed by atoms with Crippen molar-refractivity contribution in [3.8, 4) is 0 Å². The predicted molar refractivity (Wildman–Crippen MR) is 97.0 cm³/mol. The molecule has 1 unspecified atom stereocenters. The van der Waals surface area contributed by atoms with Crippen LogP contribution >= 0.6 is 0 Å². The molecule has 0 saturated heterocycles. The number of carboxylic acid groups (broad SMARTS) is 1. The van der Waals surface area contributed by atoms with E-state index in [1.807, 2.05) is 6.07 Å². The molecule has 0 fully saturated rings. The second-order valence-corrected chi connectivity index (χ2v) is 6.12. The molecular formula is C20H34O3. The van der Waals surface area contributed by atoms with Crippen LogP contribution in [0.25, 0.3) is 0 Å². The zero-order valence-electron chi connectivity index (χ0n) is 15.1. The van der Waals surface area contributed by atoms with Gasteiger partial charge >= 0.3 is 5.97 Å². The number of hydrogen-bond donors (Lipinski definition) is 2. The van der Waals surface area contributed by atoms with Crippen LogP contribution < -0.4 is 0 Å². The maximum Gasteiger partial charge on any atom is 0.335 e. The summed E-state index contributed by atoms with van der Waals surface area (Å²) in [7, 11) is 0. The summed E-state index contributed by atoms with van der Waals surface area (Å²) >= 11 is 0. The molecule has 0 aliphatic heterocycles. The molecule has 3 heteroatoms. The van der Waals surface area contributed by atoms with Gasteiger partial charge in [-0.1, -0.05) is 77.0 Å². The van der Waals surface area contributed by atoms with Gasteiger partial charge in [-0.05, 0) is 31.4 Å². The van der Waals surface area contributed by atoms with Crippen molar-refractivity contribution in [2.45, 2.75) is 84.7 Å². The molecule has 1 aromatic carbocycles. The summed E-state index contributed by atoms with van der Waals surface area (Å²) in [6.45, 7) is 6.19. The van der Waals surface area contributed by atoms with Crippen LogP contribution in [0, 0.1) is 6.92 Å². The summed E-state index contributed by atoms with van der Waals surface area (Å²) in [4.78, 5) is 10.4. The topological polar surface area (TPSA) is 57.5 Å². The number of aromatic carboxylic acids is 1. The molecule has 0 saturated carbocycles. The number of unbranched alkanes of at least 4 members (excludes halogenated alkanes) is 5. The molecule has 132 valence electrons. The molecule has 1 rings (SSSR count). The molecule has 1 atom stereocenters. The van der Waals surface area contributed by atoms with Crippen LogP contribution in [0.5, 0.6) is 0 Å². The minimum Gasteiger partial charge on any atom is -0.478 e. The van der Waals surface area contributed by atoms with Gasteiger partial charge in [0, 0.05) is 0 Å². The van der Waals surface area contributed by atoms with E-state index >= 15 is 0 Å². The summed E-state index contributed by atoms with van der Waals surface area (Å²) in [5.74, 6) is -0.863. The van der Waals surface area contributed by atoms with Gasteiger partial charge in [0.2, 0.25) is 0 Å². The van der Waals surface area contributed by atoms with Crippen LogP contribution in [0.4, 0.5) is 0 Å². The third-order valence-electron chi connectivity index (χ3n) is 3.91. The second-order valence-electron chi connectivity index (χ2n) is 6.12. The third-order valence-corrected chi connectivity index (χ3v) is 3.91. The van der Waals surface area contributed by atoms with Crippen LogP contribution in [0.1, 0.15) is 87.6 Å². The van der Waals surface area contributed by atoms with E-state index < -0.39 is 5.97 Å². The molecule has 0 amide bonds. The van der Waals surface area contributed by atoms with Crippen molar-refractivity contribution < 1.29 is 15.0 Å². The van der Waals surface area contributed by atoms with Crippen molar-refractivity contribution in [3.63, 3.8) is 0 Å². The lowest BCUT2D eigenvalue weighted by Gasteiger charge is -2.08. The van der Waals surface area contributed by atoms with E-state index in [-0.39, 0.29) is 6.10 Å². The van der Waals surface area contributed by atoms with E-state index in [1.165, 1.54) is 44.9 Å². The van der Waals surface area contributed by atoms with Crippen LogP contribution in [0.3, 0.4) is 0 Å². The second kappa shape index (κ2) is 14.3. The minimum atomic E-state index is -0.863. The number of rotatable bonds is 10. The number of carbonyl (C=O) groups is 1. The van der Waals surface area contributed by atoms with Gasteiger partial charge in [0.05, 0.1) is 11.7 Å². The number of hydrogen-bond acceptors (Lipinski definition) is 2. The smallest absolute Gasteiger partial charge is 0.335 e. The van der Waals surface area contributed by atoms with Crippen LogP contribution in [-0.4, -0.2) is 22.3 Å². The van der Waals surface area contributed by atoms with Crippen LogP contribution in [0.2, 0.25) is 0 Å². The Hall–Kier alpha value is -1.35. The fraction of sp³-hybridized carbons (Fsp3) is 0.650. The molecule has 1 aromatic rings. The van der Waals surface area contributed by atoms with Gasteiger partial charge < -0.3 is 10.2 Å². The van der Waals surface area contributed by atoms with Crippen molar-refractivity contribution in [2.24, 2.45) is 0 Å².